The quantitative estimate of drug-likeness (QED) is 0.433. The van der Waals surface area contributed by atoms with Crippen molar-refractivity contribution in [3.05, 3.63) is 82.6 Å². The lowest BCUT2D eigenvalue weighted by Crippen LogP contribution is -2.33. The van der Waals surface area contributed by atoms with Gasteiger partial charge in [-0.3, -0.25) is 4.79 Å². The third-order valence-corrected chi connectivity index (χ3v) is 6.40. The van der Waals surface area contributed by atoms with Crippen molar-refractivity contribution >= 4 is 33.4 Å². The number of carbonyl (C=O) groups excluding carboxylic acids is 2. The van der Waals surface area contributed by atoms with Gasteiger partial charge >= 0.3 is 5.97 Å². The SMILES string of the molecule is Cc1nn(-c2ccc(F)cc2)c2sc(C(=O)OC(C(=O)NC3CC3)c3ccccc3)cc12. The highest BCUT2D eigenvalue weighted by atomic mass is 32.1. The first-order valence-corrected chi connectivity index (χ1v) is 11.1. The molecule has 1 amide bonds. The number of ether oxygens (including phenoxy) is 1. The fourth-order valence-corrected chi connectivity index (χ4v) is 4.54. The van der Waals surface area contributed by atoms with Crippen LogP contribution in [0.3, 0.4) is 0 Å². The molecule has 5 rings (SSSR count). The minimum Gasteiger partial charge on any atom is -0.443 e. The van der Waals surface area contributed by atoms with Gasteiger partial charge < -0.3 is 10.1 Å². The molecule has 1 atom stereocenters. The van der Waals surface area contributed by atoms with E-state index >= 15 is 0 Å². The Morgan fingerprint density at radius 3 is 2.56 bits per heavy atom. The Balaban J connectivity index is 1.45. The van der Waals surface area contributed by atoms with Gasteiger partial charge in [-0.05, 0) is 50.1 Å². The zero-order valence-corrected chi connectivity index (χ0v) is 18.1. The Hall–Kier alpha value is -3.52. The zero-order valence-electron chi connectivity index (χ0n) is 17.2. The third kappa shape index (κ3) is 4.01. The second-order valence-electron chi connectivity index (χ2n) is 7.78. The summed E-state index contributed by atoms with van der Waals surface area (Å²) in [4.78, 5) is 26.9. The maximum Gasteiger partial charge on any atom is 0.349 e. The summed E-state index contributed by atoms with van der Waals surface area (Å²) < 4.78 is 20.7. The zero-order chi connectivity index (χ0) is 22.2. The number of esters is 1. The van der Waals surface area contributed by atoms with E-state index in [4.69, 9.17) is 4.74 Å². The smallest absolute Gasteiger partial charge is 0.349 e. The van der Waals surface area contributed by atoms with E-state index in [1.165, 1.54) is 23.5 Å². The first kappa shape index (κ1) is 20.4. The predicted molar refractivity (Wildman–Crippen MR) is 119 cm³/mol. The summed E-state index contributed by atoms with van der Waals surface area (Å²) in [6, 6.07) is 16.9. The van der Waals surface area contributed by atoms with Gasteiger partial charge in [-0.15, -0.1) is 11.3 Å². The number of benzene rings is 2. The predicted octanol–water partition coefficient (Wildman–Crippen LogP) is 4.71. The van der Waals surface area contributed by atoms with E-state index in [9.17, 15) is 14.0 Å². The lowest BCUT2D eigenvalue weighted by Gasteiger charge is -2.17. The molecule has 32 heavy (non-hydrogen) atoms. The maximum absolute atomic E-state index is 13.3. The van der Waals surface area contributed by atoms with Crippen LogP contribution in [0, 0.1) is 12.7 Å². The minimum atomic E-state index is -1.02. The van der Waals surface area contributed by atoms with Crippen molar-refractivity contribution < 1.29 is 18.7 Å². The summed E-state index contributed by atoms with van der Waals surface area (Å²) in [6.45, 7) is 1.85. The minimum absolute atomic E-state index is 0.154. The summed E-state index contributed by atoms with van der Waals surface area (Å²) in [6.07, 6.45) is 0.858. The fourth-order valence-electron chi connectivity index (χ4n) is 3.48. The van der Waals surface area contributed by atoms with Gasteiger partial charge in [-0.1, -0.05) is 30.3 Å². The summed E-state index contributed by atoms with van der Waals surface area (Å²) in [7, 11) is 0. The summed E-state index contributed by atoms with van der Waals surface area (Å²) in [5.41, 5.74) is 2.05. The average molecular weight is 450 g/mol. The van der Waals surface area contributed by atoms with E-state index in [1.807, 2.05) is 13.0 Å². The van der Waals surface area contributed by atoms with Crippen LogP contribution in [-0.4, -0.2) is 27.7 Å². The molecule has 2 aromatic heterocycles. The van der Waals surface area contributed by atoms with Crippen molar-refractivity contribution in [1.29, 1.82) is 0 Å². The Morgan fingerprint density at radius 1 is 1.16 bits per heavy atom. The molecule has 1 aliphatic rings. The number of nitrogens with one attached hydrogen (secondary N) is 1. The molecule has 0 aliphatic heterocycles. The van der Waals surface area contributed by atoms with Crippen molar-refractivity contribution in [3.63, 3.8) is 0 Å². The highest BCUT2D eigenvalue weighted by Gasteiger charge is 2.31. The van der Waals surface area contributed by atoms with Crippen LogP contribution in [0.15, 0.2) is 60.7 Å². The van der Waals surface area contributed by atoms with Gasteiger partial charge in [0.15, 0.2) is 0 Å². The molecule has 6 nitrogen and oxygen atoms in total. The maximum atomic E-state index is 13.3. The monoisotopic (exact) mass is 449 g/mol. The molecule has 0 radical (unpaired) electrons. The molecule has 1 aliphatic carbocycles. The topological polar surface area (TPSA) is 73.2 Å². The first-order valence-electron chi connectivity index (χ1n) is 10.3. The Labute approximate surface area is 187 Å². The van der Waals surface area contributed by atoms with E-state index in [1.54, 1.807) is 47.1 Å². The van der Waals surface area contributed by atoms with E-state index in [0.29, 0.717) is 16.1 Å². The van der Waals surface area contributed by atoms with Crippen molar-refractivity contribution in [2.24, 2.45) is 0 Å². The fraction of sp³-hybridized carbons (Fsp3) is 0.208. The van der Waals surface area contributed by atoms with E-state index in [0.717, 1.165) is 28.8 Å². The normalized spacial score (nSPS) is 14.3. The number of thiophene rings is 1. The molecule has 1 N–H and O–H groups in total. The van der Waals surface area contributed by atoms with Crippen molar-refractivity contribution in [1.82, 2.24) is 15.1 Å². The van der Waals surface area contributed by atoms with Gasteiger partial charge in [0.05, 0.1) is 11.4 Å². The summed E-state index contributed by atoms with van der Waals surface area (Å²) >= 11 is 1.23. The van der Waals surface area contributed by atoms with Crippen LogP contribution in [0.2, 0.25) is 0 Å². The van der Waals surface area contributed by atoms with E-state index < -0.39 is 12.1 Å². The van der Waals surface area contributed by atoms with Crippen LogP contribution in [-0.2, 0) is 9.53 Å². The number of aromatic nitrogens is 2. The number of aryl methyl sites for hydroxylation is 1. The molecule has 1 unspecified atom stereocenters. The van der Waals surface area contributed by atoms with Gasteiger partial charge in [-0.25, -0.2) is 13.9 Å². The molecule has 4 aromatic rings. The number of amides is 1. The van der Waals surface area contributed by atoms with Gasteiger partial charge in [-0.2, -0.15) is 5.10 Å². The first-order chi connectivity index (χ1) is 15.5. The molecule has 162 valence electrons. The van der Waals surface area contributed by atoms with Crippen molar-refractivity contribution in [2.45, 2.75) is 31.9 Å². The summed E-state index contributed by atoms with van der Waals surface area (Å²) in [5.74, 6) is -1.22. The molecular weight excluding hydrogens is 429 g/mol. The molecule has 0 saturated heterocycles. The van der Waals surface area contributed by atoms with Gasteiger partial charge in [0.1, 0.15) is 15.5 Å². The highest BCUT2D eigenvalue weighted by molar-refractivity contribution is 7.20. The molecule has 2 heterocycles. The number of carbonyl (C=O) groups is 2. The van der Waals surface area contributed by atoms with Crippen LogP contribution in [0.5, 0.6) is 0 Å². The second kappa shape index (κ2) is 8.20. The number of nitrogens with zero attached hydrogens (tertiary/aromatic N) is 2. The Morgan fingerprint density at radius 2 is 1.88 bits per heavy atom. The number of fused-ring (bicyclic) bond motifs is 1. The molecule has 0 spiro atoms. The van der Waals surface area contributed by atoms with Crippen LogP contribution in [0.1, 0.15) is 39.9 Å². The van der Waals surface area contributed by atoms with Crippen LogP contribution in [0.4, 0.5) is 4.39 Å². The largest absolute Gasteiger partial charge is 0.443 e. The highest BCUT2D eigenvalue weighted by Crippen LogP contribution is 2.32. The molecule has 1 fully saturated rings. The van der Waals surface area contributed by atoms with Crippen LogP contribution >= 0.6 is 11.3 Å². The van der Waals surface area contributed by atoms with E-state index in [-0.39, 0.29) is 17.8 Å². The van der Waals surface area contributed by atoms with Crippen LogP contribution < -0.4 is 5.32 Å². The number of hydrogen-bond acceptors (Lipinski definition) is 5. The second-order valence-corrected chi connectivity index (χ2v) is 8.81. The Bertz CT molecular complexity index is 1290. The van der Waals surface area contributed by atoms with Gasteiger partial charge in [0, 0.05) is 17.0 Å². The molecule has 1 saturated carbocycles. The molecular formula is C24H20FN3O3S. The van der Waals surface area contributed by atoms with Crippen molar-refractivity contribution in [2.75, 3.05) is 0 Å². The number of halogens is 1. The van der Waals surface area contributed by atoms with E-state index in [2.05, 4.69) is 10.4 Å². The van der Waals surface area contributed by atoms with Gasteiger partial charge in [0.25, 0.3) is 5.91 Å². The third-order valence-electron chi connectivity index (χ3n) is 5.31. The summed E-state index contributed by atoms with van der Waals surface area (Å²) in [5, 5.41) is 8.24. The lowest BCUT2D eigenvalue weighted by molar-refractivity contribution is -0.130. The average Bonchev–Trinajstić information content (AvgIpc) is 3.40. The van der Waals surface area contributed by atoms with Gasteiger partial charge in [0.2, 0.25) is 6.10 Å². The Kier molecular flexibility index (Phi) is 5.22. The van der Waals surface area contributed by atoms with Crippen LogP contribution in [0.25, 0.3) is 15.9 Å². The lowest BCUT2D eigenvalue weighted by atomic mass is 10.1. The molecule has 0 bridgehead atoms. The molecule has 2 aromatic carbocycles. The standard InChI is InChI=1S/C24H20FN3O3S/c1-14-19-13-20(32-23(19)28(27-14)18-11-7-16(25)8-12-18)24(30)31-21(15-5-3-2-4-6-15)22(29)26-17-9-10-17/h2-8,11-13,17,21H,9-10H2,1H3,(H,26,29). The molecule has 8 heteroatoms. The van der Waals surface area contributed by atoms with Crippen molar-refractivity contribution in [3.8, 4) is 5.69 Å². The number of hydrogen-bond donors (Lipinski definition) is 1. The number of rotatable bonds is 6.